The fourth-order valence-corrected chi connectivity index (χ4v) is 1.47. The van der Waals surface area contributed by atoms with Crippen LogP contribution in [0.15, 0.2) is 29.4 Å². The molecule has 0 aliphatic heterocycles. The molecule has 0 unspecified atom stereocenters. The summed E-state index contributed by atoms with van der Waals surface area (Å²) in [6.07, 6.45) is -8.36. The highest BCUT2D eigenvalue weighted by Crippen LogP contribution is 2.39. The lowest BCUT2D eigenvalue weighted by Crippen LogP contribution is -2.14. The van der Waals surface area contributed by atoms with Gasteiger partial charge in [-0.05, 0) is 25.1 Å². The number of hydrogen-bond acceptors (Lipinski definition) is 1. The van der Waals surface area contributed by atoms with Crippen molar-refractivity contribution in [3.05, 3.63) is 41.1 Å². The normalized spacial score (nSPS) is 14.1. The minimum Gasteiger partial charge on any atom is -0.387 e. The third-order valence-corrected chi connectivity index (χ3v) is 2.24. The van der Waals surface area contributed by atoms with E-state index in [0.717, 1.165) is 6.20 Å². The molecule has 0 amide bonds. The molecule has 0 heterocycles. The molecule has 20 heavy (non-hydrogen) atoms. The molecule has 1 rings (SSSR count). The lowest BCUT2D eigenvalue weighted by Gasteiger charge is -2.16. The standard InChI is InChI=1S/C12H10F6N2/c1-7(19)20-6-5-8-9(11(13,14)15)3-2-4-10(8)12(16,17)18/h2-6H,1H3,(H2,19,20). The molecule has 2 nitrogen and oxygen atoms in total. The fraction of sp³-hybridized carbons (Fsp3) is 0.250. The van der Waals surface area contributed by atoms with Gasteiger partial charge in [-0.3, -0.25) is 0 Å². The molecule has 0 aromatic heterocycles. The molecule has 0 atom stereocenters. The summed E-state index contributed by atoms with van der Waals surface area (Å²) in [7, 11) is 0. The quantitative estimate of drug-likeness (QED) is 0.498. The first kappa shape index (κ1) is 16.1. The van der Waals surface area contributed by atoms with Gasteiger partial charge in [0.2, 0.25) is 0 Å². The molecule has 0 fully saturated rings. The Labute approximate surface area is 110 Å². The minimum atomic E-state index is -4.90. The summed E-state index contributed by atoms with van der Waals surface area (Å²) in [5, 5.41) is 0. The summed E-state index contributed by atoms with van der Waals surface area (Å²) in [5.41, 5.74) is 1.41. The highest BCUT2D eigenvalue weighted by Gasteiger charge is 2.39. The third kappa shape index (κ3) is 4.01. The second-order valence-corrected chi connectivity index (χ2v) is 3.85. The smallest absolute Gasteiger partial charge is 0.387 e. The highest BCUT2D eigenvalue weighted by molar-refractivity contribution is 5.78. The number of halogens is 6. The minimum absolute atomic E-state index is 0.0132. The molecule has 0 aliphatic carbocycles. The van der Waals surface area contributed by atoms with Gasteiger partial charge in [0.15, 0.2) is 0 Å². The van der Waals surface area contributed by atoms with Crippen LogP contribution >= 0.6 is 0 Å². The van der Waals surface area contributed by atoms with Crippen molar-refractivity contribution >= 4 is 11.9 Å². The van der Waals surface area contributed by atoms with Gasteiger partial charge in [0.25, 0.3) is 0 Å². The number of alkyl halides is 6. The van der Waals surface area contributed by atoms with Crippen LogP contribution in [0.4, 0.5) is 26.3 Å². The second-order valence-electron chi connectivity index (χ2n) is 3.85. The zero-order valence-electron chi connectivity index (χ0n) is 10.2. The van der Waals surface area contributed by atoms with Crippen LogP contribution in [0.25, 0.3) is 6.08 Å². The predicted molar refractivity (Wildman–Crippen MR) is 62.8 cm³/mol. The van der Waals surface area contributed by atoms with Crippen molar-refractivity contribution in [3.8, 4) is 0 Å². The van der Waals surface area contributed by atoms with Crippen molar-refractivity contribution in [3.63, 3.8) is 0 Å². The third-order valence-electron chi connectivity index (χ3n) is 2.24. The van der Waals surface area contributed by atoms with Crippen LogP contribution in [0.1, 0.15) is 23.6 Å². The van der Waals surface area contributed by atoms with Crippen molar-refractivity contribution in [2.24, 2.45) is 10.7 Å². The van der Waals surface area contributed by atoms with Gasteiger partial charge < -0.3 is 5.73 Å². The summed E-state index contributed by atoms with van der Waals surface area (Å²) in [6, 6.07) is 1.86. The van der Waals surface area contributed by atoms with Gasteiger partial charge in [-0.15, -0.1) is 0 Å². The monoisotopic (exact) mass is 296 g/mol. The zero-order chi connectivity index (χ0) is 15.6. The van der Waals surface area contributed by atoms with Crippen molar-refractivity contribution in [2.45, 2.75) is 19.3 Å². The number of amidine groups is 1. The van der Waals surface area contributed by atoms with E-state index in [0.29, 0.717) is 24.3 Å². The fourth-order valence-electron chi connectivity index (χ4n) is 1.47. The van der Waals surface area contributed by atoms with Crippen LogP contribution in [0.5, 0.6) is 0 Å². The Morgan fingerprint density at radius 2 is 1.50 bits per heavy atom. The molecular weight excluding hydrogens is 286 g/mol. The van der Waals surface area contributed by atoms with Gasteiger partial charge in [0.1, 0.15) is 0 Å². The van der Waals surface area contributed by atoms with Crippen LogP contribution in [0.2, 0.25) is 0 Å². The molecular formula is C12H10F6N2. The first-order valence-corrected chi connectivity index (χ1v) is 5.27. The zero-order valence-corrected chi connectivity index (χ0v) is 10.2. The van der Waals surface area contributed by atoms with E-state index < -0.39 is 29.0 Å². The summed E-state index contributed by atoms with van der Waals surface area (Å²) in [6.45, 7) is 1.35. The van der Waals surface area contributed by atoms with Crippen LogP contribution in [0.3, 0.4) is 0 Å². The maximum absolute atomic E-state index is 12.7. The number of aliphatic imine (C=N–C) groups is 1. The van der Waals surface area contributed by atoms with Gasteiger partial charge in [-0.1, -0.05) is 6.07 Å². The molecule has 8 heteroatoms. The average molecular weight is 296 g/mol. The number of nitrogens with zero attached hydrogens (tertiary/aromatic N) is 1. The van der Waals surface area contributed by atoms with E-state index in [2.05, 4.69) is 4.99 Å². The van der Waals surface area contributed by atoms with E-state index in [4.69, 9.17) is 5.73 Å². The molecule has 110 valence electrons. The van der Waals surface area contributed by atoms with Crippen LogP contribution in [-0.4, -0.2) is 5.84 Å². The van der Waals surface area contributed by atoms with Crippen molar-refractivity contribution in [1.82, 2.24) is 0 Å². The Balaban J connectivity index is 3.49. The summed E-state index contributed by atoms with van der Waals surface area (Å²) in [5.74, 6) is 0.0132. The van der Waals surface area contributed by atoms with Crippen LogP contribution in [0, 0.1) is 0 Å². The van der Waals surface area contributed by atoms with E-state index in [1.807, 2.05) is 0 Å². The van der Waals surface area contributed by atoms with Crippen molar-refractivity contribution in [2.75, 3.05) is 0 Å². The van der Waals surface area contributed by atoms with Crippen molar-refractivity contribution < 1.29 is 26.3 Å². The van der Waals surface area contributed by atoms with Gasteiger partial charge in [-0.25, -0.2) is 4.99 Å². The summed E-state index contributed by atoms with van der Waals surface area (Å²) >= 11 is 0. The average Bonchev–Trinajstić information content (AvgIpc) is 2.25. The van der Waals surface area contributed by atoms with Gasteiger partial charge in [-0.2, -0.15) is 26.3 Å². The molecule has 0 spiro atoms. The Kier molecular flexibility index (Phi) is 4.46. The molecule has 0 saturated carbocycles. The van der Waals surface area contributed by atoms with Crippen LogP contribution in [-0.2, 0) is 12.4 Å². The van der Waals surface area contributed by atoms with Crippen molar-refractivity contribution in [1.29, 1.82) is 0 Å². The number of hydrogen-bond donors (Lipinski definition) is 1. The molecule has 0 bridgehead atoms. The van der Waals surface area contributed by atoms with E-state index in [9.17, 15) is 26.3 Å². The second kappa shape index (κ2) is 5.56. The first-order chi connectivity index (χ1) is 9.03. The Morgan fingerprint density at radius 1 is 1.05 bits per heavy atom. The lowest BCUT2D eigenvalue weighted by molar-refractivity contribution is -0.143. The van der Waals surface area contributed by atoms with Crippen LogP contribution < -0.4 is 5.73 Å². The molecule has 0 aliphatic rings. The van der Waals surface area contributed by atoms with Gasteiger partial charge >= 0.3 is 12.4 Å². The Morgan fingerprint density at radius 3 is 1.85 bits per heavy atom. The molecule has 0 radical (unpaired) electrons. The van der Waals surface area contributed by atoms with E-state index in [-0.39, 0.29) is 5.84 Å². The van der Waals surface area contributed by atoms with Gasteiger partial charge in [0, 0.05) is 11.8 Å². The SMILES string of the molecule is CC(N)=NC=Cc1c(C(F)(F)F)cccc1C(F)(F)F. The van der Waals surface area contributed by atoms with E-state index >= 15 is 0 Å². The largest absolute Gasteiger partial charge is 0.417 e. The Bertz CT molecular complexity index is 504. The predicted octanol–water partition coefficient (Wildman–Crippen LogP) is 4.07. The summed E-state index contributed by atoms with van der Waals surface area (Å²) in [4.78, 5) is 3.45. The topological polar surface area (TPSA) is 38.4 Å². The maximum Gasteiger partial charge on any atom is 0.417 e. The van der Waals surface area contributed by atoms with E-state index in [1.54, 1.807) is 0 Å². The summed E-state index contributed by atoms with van der Waals surface area (Å²) < 4.78 is 76.4. The molecule has 2 N–H and O–H groups in total. The first-order valence-electron chi connectivity index (χ1n) is 5.27. The number of nitrogens with two attached hydrogens (primary N) is 1. The molecule has 1 aromatic rings. The van der Waals surface area contributed by atoms with Gasteiger partial charge in [0.05, 0.1) is 17.0 Å². The highest BCUT2D eigenvalue weighted by atomic mass is 19.4. The maximum atomic E-state index is 12.7. The molecule has 0 saturated heterocycles. The molecule has 1 aromatic carbocycles. The Hall–Kier alpha value is -1.99. The number of benzene rings is 1. The number of rotatable bonds is 2. The van der Waals surface area contributed by atoms with E-state index in [1.165, 1.54) is 6.92 Å². The lowest BCUT2D eigenvalue weighted by atomic mass is 10.00.